The molecule has 0 heterocycles. The van der Waals surface area contributed by atoms with Crippen LogP contribution in [0.25, 0.3) is 0 Å². The summed E-state index contributed by atoms with van der Waals surface area (Å²) in [6.45, 7) is 3.72. The summed E-state index contributed by atoms with van der Waals surface area (Å²) < 4.78 is 18.5. The van der Waals surface area contributed by atoms with Gasteiger partial charge < -0.3 is 9.64 Å². The van der Waals surface area contributed by atoms with Crippen LogP contribution in [0.5, 0.6) is 5.75 Å². The lowest BCUT2D eigenvalue weighted by Crippen LogP contribution is -2.39. The SMILES string of the molecule is CC(C)N(Cc1ccccc1)C(=O)COc1cc(F)ccc1[N+](=O)[O-]. The molecule has 2 aromatic rings. The number of amides is 1. The van der Waals surface area contributed by atoms with Crippen LogP contribution in [0.15, 0.2) is 48.5 Å². The maximum atomic E-state index is 13.3. The Hall–Kier alpha value is -2.96. The zero-order valence-electron chi connectivity index (χ0n) is 14.0. The highest BCUT2D eigenvalue weighted by molar-refractivity contribution is 5.78. The summed E-state index contributed by atoms with van der Waals surface area (Å²) >= 11 is 0. The van der Waals surface area contributed by atoms with Crippen molar-refractivity contribution in [3.05, 3.63) is 70.0 Å². The first-order valence-corrected chi connectivity index (χ1v) is 7.78. The van der Waals surface area contributed by atoms with E-state index in [1.54, 1.807) is 4.90 Å². The summed E-state index contributed by atoms with van der Waals surface area (Å²) in [5.41, 5.74) is 0.578. The molecule has 132 valence electrons. The maximum Gasteiger partial charge on any atom is 0.311 e. The van der Waals surface area contributed by atoms with Crippen molar-refractivity contribution in [2.45, 2.75) is 26.4 Å². The van der Waals surface area contributed by atoms with Crippen LogP contribution in [-0.4, -0.2) is 28.4 Å². The summed E-state index contributed by atoms with van der Waals surface area (Å²) in [6.07, 6.45) is 0. The van der Waals surface area contributed by atoms with Gasteiger partial charge in [0, 0.05) is 24.7 Å². The van der Waals surface area contributed by atoms with E-state index in [0.717, 1.165) is 23.8 Å². The van der Waals surface area contributed by atoms with Gasteiger partial charge in [-0.05, 0) is 25.5 Å². The average molecular weight is 346 g/mol. The number of nitro groups is 1. The minimum absolute atomic E-state index is 0.0844. The number of carbonyl (C=O) groups excluding carboxylic acids is 1. The van der Waals surface area contributed by atoms with Gasteiger partial charge in [-0.15, -0.1) is 0 Å². The monoisotopic (exact) mass is 346 g/mol. The van der Waals surface area contributed by atoms with Crippen molar-refractivity contribution in [1.29, 1.82) is 0 Å². The molecular formula is C18H19FN2O4. The Balaban J connectivity index is 2.09. The van der Waals surface area contributed by atoms with Crippen LogP contribution in [0.2, 0.25) is 0 Å². The zero-order chi connectivity index (χ0) is 18.4. The van der Waals surface area contributed by atoms with Crippen molar-refractivity contribution in [1.82, 2.24) is 4.90 Å². The standard InChI is InChI=1S/C18H19FN2O4/c1-13(2)20(11-14-6-4-3-5-7-14)18(22)12-25-17-10-15(19)8-9-16(17)21(23)24/h3-10,13H,11-12H2,1-2H3. The quantitative estimate of drug-likeness (QED) is 0.568. The smallest absolute Gasteiger partial charge is 0.311 e. The Bertz CT molecular complexity index is 750. The van der Waals surface area contributed by atoms with Crippen molar-refractivity contribution in [2.24, 2.45) is 0 Å². The van der Waals surface area contributed by atoms with Crippen LogP contribution in [0.4, 0.5) is 10.1 Å². The Morgan fingerprint density at radius 3 is 2.52 bits per heavy atom. The van der Waals surface area contributed by atoms with Gasteiger partial charge in [0.05, 0.1) is 4.92 Å². The van der Waals surface area contributed by atoms with Crippen molar-refractivity contribution in [2.75, 3.05) is 6.61 Å². The molecule has 0 bridgehead atoms. The third kappa shape index (κ3) is 5.00. The summed E-state index contributed by atoms with van der Waals surface area (Å²) in [7, 11) is 0. The van der Waals surface area contributed by atoms with Gasteiger partial charge in [0.25, 0.3) is 5.91 Å². The Labute approximate surface area is 145 Å². The number of nitrogens with zero attached hydrogens (tertiary/aromatic N) is 2. The molecule has 0 aliphatic rings. The molecule has 0 aliphatic heterocycles. The lowest BCUT2D eigenvalue weighted by atomic mass is 10.2. The molecule has 0 saturated heterocycles. The lowest BCUT2D eigenvalue weighted by Gasteiger charge is -2.27. The topological polar surface area (TPSA) is 72.7 Å². The average Bonchev–Trinajstić information content (AvgIpc) is 2.58. The second-order valence-electron chi connectivity index (χ2n) is 5.76. The molecule has 2 aromatic carbocycles. The highest BCUT2D eigenvalue weighted by Crippen LogP contribution is 2.27. The third-order valence-electron chi connectivity index (χ3n) is 3.61. The van der Waals surface area contributed by atoms with E-state index in [1.807, 2.05) is 44.2 Å². The molecule has 25 heavy (non-hydrogen) atoms. The second kappa shape index (κ2) is 8.23. The minimum atomic E-state index is -0.677. The molecule has 0 aliphatic carbocycles. The van der Waals surface area contributed by atoms with Crippen LogP contribution >= 0.6 is 0 Å². The minimum Gasteiger partial charge on any atom is -0.477 e. The number of hydrogen-bond acceptors (Lipinski definition) is 4. The van der Waals surface area contributed by atoms with Gasteiger partial charge in [0.15, 0.2) is 6.61 Å². The van der Waals surface area contributed by atoms with Gasteiger partial charge in [0.1, 0.15) is 5.82 Å². The van der Waals surface area contributed by atoms with E-state index in [2.05, 4.69) is 0 Å². The first kappa shape index (κ1) is 18.4. The van der Waals surface area contributed by atoms with E-state index < -0.39 is 17.3 Å². The number of ether oxygens (including phenoxy) is 1. The zero-order valence-corrected chi connectivity index (χ0v) is 14.0. The van der Waals surface area contributed by atoms with Crippen molar-refractivity contribution >= 4 is 11.6 Å². The number of benzene rings is 2. The van der Waals surface area contributed by atoms with Crippen LogP contribution < -0.4 is 4.74 Å². The van der Waals surface area contributed by atoms with Gasteiger partial charge >= 0.3 is 5.69 Å². The summed E-state index contributed by atoms with van der Waals surface area (Å²) in [6, 6.07) is 12.3. The largest absolute Gasteiger partial charge is 0.477 e. The van der Waals surface area contributed by atoms with Crippen LogP contribution in [0, 0.1) is 15.9 Å². The number of carbonyl (C=O) groups is 1. The second-order valence-corrected chi connectivity index (χ2v) is 5.76. The Kier molecular flexibility index (Phi) is 6.05. The molecule has 0 saturated carbocycles. The van der Waals surface area contributed by atoms with Gasteiger partial charge in [-0.1, -0.05) is 30.3 Å². The normalized spacial score (nSPS) is 10.6. The van der Waals surface area contributed by atoms with Crippen LogP contribution in [0.3, 0.4) is 0 Å². The molecule has 0 N–H and O–H groups in total. The highest BCUT2D eigenvalue weighted by Gasteiger charge is 2.21. The van der Waals surface area contributed by atoms with Gasteiger partial charge in [-0.3, -0.25) is 14.9 Å². The third-order valence-corrected chi connectivity index (χ3v) is 3.61. The Morgan fingerprint density at radius 1 is 1.24 bits per heavy atom. The van der Waals surface area contributed by atoms with Gasteiger partial charge in [-0.2, -0.15) is 0 Å². The van der Waals surface area contributed by atoms with E-state index in [-0.39, 0.29) is 23.4 Å². The van der Waals surface area contributed by atoms with Crippen LogP contribution in [0.1, 0.15) is 19.4 Å². The van der Waals surface area contributed by atoms with Gasteiger partial charge in [-0.25, -0.2) is 4.39 Å². The van der Waals surface area contributed by atoms with E-state index in [9.17, 15) is 19.3 Å². The number of hydrogen-bond donors (Lipinski definition) is 0. The maximum absolute atomic E-state index is 13.3. The lowest BCUT2D eigenvalue weighted by molar-refractivity contribution is -0.385. The summed E-state index contributed by atoms with van der Waals surface area (Å²) in [4.78, 5) is 24.4. The van der Waals surface area contributed by atoms with Gasteiger partial charge in [0.2, 0.25) is 5.75 Å². The molecule has 6 nitrogen and oxygen atoms in total. The molecule has 1 amide bonds. The molecule has 0 spiro atoms. The molecule has 0 radical (unpaired) electrons. The number of nitro benzene ring substituents is 1. The van der Waals surface area contributed by atoms with Crippen molar-refractivity contribution < 1.29 is 18.8 Å². The van der Waals surface area contributed by atoms with E-state index in [4.69, 9.17) is 4.74 Å². The van der Waals surface area contributed by atoms with Crippen molar-refractivity contribution in [3.63, 3.8) is 0 Å². The fourth-order valence-corrected chi connectivity index (χ4v) is 2.32. The fourth-order valence-electron chi connectivity index (χ4n) is 2.32. The first-order chi connectivity index (χ1) is 11.9. The number of rotatable bonds is 7. The molecule has 7 heteroatoms. The van der Waals surface area contributed by atoms with E-state index in [0.29, 0.717) is 6.54 Å². The number of halogens is 1. The summed E-state index contributed by atoms with van der Waals surface area (Å²) in [5.74, 6) is -1.27. The molecule has 0 fully saturated rings. The Morgan fingerprint density at radius 2 is 1.92 bits per heavy atom. The first-order valence-electron chi connectivity index (χ1n) is 7.78. The van der Waals surface area contributed by atoms with Crippen molar-refractivity contribution in [3.8, 4) is 5.75 Å². The predicted molar refractivity (Wildman–Crippen MR) is 90.7 cm³/mol. The fraction of sp³-hybridized carbons (Fsp3) is 0.278. The molecular weight excluding hydrogens is 327 g/mol. The van der Waals surface area contributed by atoms with Crippen LogP contribution in [-0.2, 0) is 11.3 Å². The van der Waals surface area contributed by atoms with E-state index in [1.165, 1.54) is 0 Å². The predicted octanol–water partition coefficient (Wildman–Crippen LogP) is 3.55. The molecule has 0 atom stereocenters. The summed E-state index contributed by atoms with van der Waals surface area (Å²) in [5, 5.41) is 11.0. The molecule has 0 unspecified atom stereocenters. The van der Waals surface area contributed by atoms with E-state index >= 15 is 0 Å². The molecule has 2 rings (SSSR count). The highest BCUT2D eigenvalue weighted by atomic mass is 19.1. The molecule has 0 aromatic heterocycles.